The number of rotatable bonds is 5. The van der Waals surface area contributed by atoms with Crippen molar-refractivity contribution in [2.45, 2.75) is 104 Å². The molecule has 0 aromatic carbocycles. The van der Waals surface area contributed by atoms with Gasteiger partial charge in [0.1, 0.15) is 6.07 Å². The van der Waals surface area contributed by atoms with E-state index in [0.29, 0.717) is 16.9 Å². The summed E-state index contributed by atoms with van der Waals surface area (Å²) >= 11 is 0. The lowest BCUT2D eigenvalue weighted by Gasteiger charge is -2.57. The molecule has 0 aliphatic heterocycles. The number of nitrogens with zero attached hydrogens (tertiary/aromatic N) is 3. The lowest BCUT2D eigenvalue weighted by atomic mass is 9.48. The van der Waals surface area contributed by atoms with Gasteiger partial charge in [0.15, 0.2) is 0 Å². The molecule has 1 aromatic rings. The minimum Gasteiger partial charge on any atom is -0.390 e. The highest BCUT2D eigenvalue weighted by atomic mass is 16.3. The van der Waals surface area contributed by atoms with Crippen LogP contribution in [-0.2, 0) is 6.54 Å². The molecule has 1 aromatic heterocycles. The van der Waals surface area contributed by atoms with Gasteiger partial charge in [-0.1, -0.05) is 27.2 Å². The molecule has 4 heteroatoms. The second kappa shape index (κ2) is 8.46. The summed E-state index contributed by atoms with van der Waals surface area (Å²) in [5.74, 6) is 5.73. The lowest BCUT2D eigenvalue weighted by molar-refractivity contribution is -0.110. The van der Waals surface area contributed by atoms with Crippen LogP contribution in [-0.4, -0.2) is 20.5 Å². The standard InChI is InChI=1S/C28H43N3O/c1-4-11-28(32)13-10-22-21(14-28)5-6-24-23(22)9-12-27(3)25(7-8-26(24)27)19(2)17-31-18-20(15-29)16-30-31/h16,18-19,21-26,32H,4-14,17H2,1-3H3/t19?,21-,22+,23-,24-,25?,26+,27-,28-/m1/s1. The van der Waals surface area contributed by atoms with Crippen molar-refractivity contribution in [1.29, 1.82) is 5.26 Å². The maximum absolute atomic E-state index is 11.1. The first-order valence-corrected chi connectivity index (χ1v) is 13.5. The first-order chi connectivity index (χ1) is 15.4. The highest BCUT2D eigenvalue weighted by Gasteiger charge is 2.58. The van der Waals surface area contributed by atoms with Gasteiger partial charge in [-0.05, 0) is 111 Å². The van der Waals surface area contributed by atoms with Crippen molar-refractivity contribution in [3.8, 4) is 6.07 Å². The highest BCUT2D eigenvalue weighted by Crippen LogP contribution is 2.65. The minimum absolute atomic E-state index is 0.363. The van der Waals surface area contributed by atoms with Crippen molar-refractivity contribution in [2.75, 3.05) is 0 Å². The molecule has 0 saturated heterocycles. The van der Waals surface area contributed by atoms with E-state index in [0.717, 1.165) is 67.7 Å². The third kappa shape index (κ3) is 3.73. The summed E-state index contributed by atoms with van der Waals surface area (Å²) in [5, 5.41) is 24.7. The molecule has 4 nitrogen and oxygen atoms in total. The van der Waals surface area contributed by atoms with Gasteiger partial charge < -0.3 is 5.11 Å². The van der Waals surface area contributed by atoms with Gasteiger partial charge in [0.05, 0.1) is 17.4 Å². The van der Waals surface area contributed by atoms with E-state index in [1.165, 1.54) is 44.9 Å². The van der Waals surface area contributed by atoms with Gasteiger partial charge in [0.2, 0.25) is 0 Å². The molecular weight excluding hydrogens is 394 g/mol. The Labute approximate surface area is 194 Å². The van der Waals surface area contributed by atoms with Gasteiger partial charge in [-0.3, -0.25) is 4.68 Å². The summed E-state index contributed by atoms with van der Waals surface area (Å²) in [5.41, 5.74) is 0.775. The van der Waals surface area contributed by atoms with Crippen LogP contribution >= 0.6 is 0 Å². The number of aliphatic hydroxyl groups is 1. The molecule has 32 heavy (non-hydrogen) atoms. The first-order valence-electron chi connectivity index (χ1n) is 13.5. The van der Waals surface area contributed by atoms with Crippen LogP contribution in [0.1, 0.15) is 97.0 Å². The van der Waals surface area contributed by atoms with Crippen molar-refractivity contribution in [1.82, 2.24) is 9.78 Å². The van der Waals surface area contributed by atoms with E-state index in [1.54, 1.807) is 6.20 Å². The summed E-state index contributed by atoms with van der Waals surface area (Å²) in [6, 6.07) is 2.21. The van der Waals surface area contributed by atoms with Gasteiger partial charge in [0, 0.05) is 12.7 Å². The molecule has 0 spiro atoms. The fourth-order valence-corrected chi connectivity index (χ4v) is 9.57. The minimum atomic E-state index is -0.363. The van der Waals surface area contributed by atoms with Gasteiger partial charge in [-0.2, -0.15) is 10.4 Å². The molecular formula is C28H43N3O. The van der Waals surface area contributed by atoms with E-state index in [2.05, 4.69) is 31.9 Å². The van der Waals surface area contributed by atoms with E-state index >= 15 is 0 Å². The maximum Gasteiger partial charge on any atom is 0.102 e. The zero-order valence-corrected chi connectivity index (χ0v) is 20.5. The molecule has 1 N–H and O–H groups in total. The van der Waals surface area contributed by atoms with Crippen LogP contribution in [0.4, 0.5) is 0 Å². The van der Waals surface area contributed by atoms with E-state index < -0.39 is 0 Å². The van der Waals surface area contributed by atoms with Crippen LogP contribution in [0.2, 0.25) is 0 Å². The Morgan fingerprint density at radius 3 is 2.72 bits per heavy atom. The van der Waals surface area contributed by atoms with Gasteiger partial charge >= 0.3 is 0 Å². The van der Waals surface area contributed by atoms with Crippen LogP contribution < -0.4 is 0 Å². The van der Waals surface area contributed by atoms with E-state index in [9.17, 15) is 5.11 Å². The largest absolute Gasteiger partial charge is 0.390 e. The summed E-state index contributed by atoms with van der Waals surface area (Å²) in [7, 11) is 0. The number of nitriles is 1. The highest BCUT2D eigenvalue weighted by molar-refractivity contribution is 5.21. The third-order valence-corrected chi connectivity index (χ3v) is 10.8. The second-order valence-corrected chi connectivity index (χ2v) is 12.4. The molecule has 0 radical (unpaired) electrons. The Hall–Kier alpha value is -1.34. The van der Waals surface area contributed by atoms with E-state index in [-0.39, 0.29) is 5.60 Å². The van der Waals surface area contributed by atoms with Crippen molar-refractivity contribution in [3.05, 3.63) is 18.0 Å². The monoisotopic (exact) mass is 437 g/mol. The molecule has 4 fully saturated rings. The third-order valence-electron chi connectivity index (χ3n) is 10.8. The number of hydrogen-bond acceptors (Lipinski definition) is 3. The molecule has 9 atom stereocenters. The normalized spacial score (nSPS) is 44.2. The van der Waals surface area contributed by atoms with Crippen molar-refractivity contribution in [3.63, 3.8) is 0 Å². The summed E-state index contributed by atoms with van der Waals surface area (Å²) in [4.78, 5) is 0. The number of hydrogen-bond donors (Lipinski definition) is 1. The Morgan fingerprint density at radius 1 is 1.16 bits per heavy atom. The maximum atomic E-state index is 11.1. The molecule has 4 aliphatic carbocycles. The van der Waals surface area contributed by atoms with Gasteiger partial charge in [-0.25, -0.2) is 0 Å². The van der Waals surface area contributed by atoms with Crippen molar-refractivity contribution in [2.24, 2.45) is 46.8 Å². The second-order valence-electron chi connectivity index (χ2n) is 12.4. The molecule has 2 unspecified atom stereocenters. The quantitative estimate of drug-likeness (QED) is 0.597. The van der Waals surface area contributed by atoms with Crippen LogP contribution in [0.15, 0.2) is 12.4 Å². The van der Waals surface area contributed by atoms with E-state index in [4.69, 9.17) is 5.26 Å². The first kappa shape index (κ1) is 22.5. The van der Waals surface area contributed by atoms with Crippen molar-refractivity contribution < 1.29 is 5.11 Å². The van der Waals surface area contributed by atoms with Crippen LogP contribution in [0.3, 0.4) is 0 Å². The average Bonchev–Trinajstić information content (AvgIpc) is 3.36. The summed E-state index contributed by atoms with van der Waals surface area (Å²) in [6.07, 6.45) is 17.4. The Morgan fingerprint density at radius 2 is 1.97 bits per heavy atom. The zero-order valence-electron chi connectivity index (χ0n) is 20.5. The molecule has 4 saturated carbocycles. The summed E-state index contributed by atoms with van der Waals surface area (Å²) < 4.78 is 2.00. The Bertz CT molecular complexity index is 857. The van der Waals surface area contributed by atoms with E-state index in [1.807, 2.05) is 10.9 Å². The van der Waals surface area contributed by atoms with Crippen molar-refractivity contribution >= 4 is 0 Å². The average molecular weight is 438 g/mol. The number of aromatic nitrogens is 2. The molecule has 0 amide bonds. The predicted molar refractivity (Wildman–Crippen MR) is 127 cm³/mol. The predicted octanol–water partition coefficient (Wildman–Crippen LogP) is 6.19. The Kier molecular flexibility index (Phi) is 5.94. The fourth-order valence-electron chi connectivity index (χ4n) is 9.57. The molecule has 176 valence electrons. The molecule has 0 bridgehead atoms. The zero-order chi connectivity index (χ0) is 22.5. The Balaban J connectivity index is 1.27. The van der Waals surface area contributed by atoms with Crippen LogP contribution in [0.5, 0.6) is 0 Å². The summed E-state index contributed by atoms with van der Waals surface area (Å²) in [6.45, 7) is 8.20. The molecule has 4 aliphatic rings. The molecule has 5 rings (SSSR count). The smallest absolute Gasteiger partial charge is 0.102 e. The topological polar surface area (TPSA) is 61.8 Å². The van der Waals surface area contributed by atoms with Gasteiger partial charge in [-0.15, -0.1) is 0 Å². The number of fused-ring (bicyclic) bond motifs is 5. The van der Waals surface area contributed by atoms with Crippen LogP contribution in [0.25, 0.3) is 0 Å². The lowest BCUT2D eigenvalue weighted by Crippen LogP contribution is -2.51. The molecule has 1 heterocycles. The SMILES string of the molecule is CCC[C@@]1(O)CC[C@H]2[C@H](CC[C@@H]3[C@@H]2CC[C@]2(C)C(C(C)Cn4cc(C#N)cn4)CC[C@@H]32)C1. The van der Waals surface area contributed by atoms with Crippen LogP contribution in [0, 0.1) is 58.2 Å². The van der Waals surface area contributed by atoms with Gasteiger partial charge in [0.25, 0.3) is 0 Å². The fraction of sp³-hybridized carbons (Fsp3) is 0.857.